The molecule has 1 amide bonds. The molecule has 2 aliphatic rings. The minimum Gasteiger partial charge on any atom is -0.507 e. The number of likely N-dealkylation sites (tertiary alicyclic amines) is 1. The van der Waals surface area contributed by atoms with Gasteiger partial charge >= 0.3 is 0 Å². The first kappa shape index (κ1) is 24.6. The van der Waals surface area contributed by atoms with E-state index >= 15 is 0 Å². The highest BCUT2D eigenvalue weighted by Gasteiger charge is 2.46. The van der Waals surface area contributed by atoms with Crippen molar-refractivity contribution in [2.75, 3.05) is 53.6 Å². The van der Waals surface area contributed by atoms with Gasteiger partial charge in [0.25, 0.3) is 11.7 Å². The molecule has 9 heteroatoms. The van der Waals surface area contributed by atoms with Crippen LogP contribution in [0.25, 0.3) is 5.76 Å². The van der Waals surface area contributed by atoms with E-state index in [0.717, 1.165) is 19.6 Å². The number of amides is 1. The van der Waals surface area contributed by atoms with E-state index in [2.05, 4.69) is 4.90 Å². The van der Waals surface area contributed by atoms with E-state index in [1.165, 1.54) is 31.3 Å². The normalized spacial score (nSPS) is 20.3. The number of nitrogens with zero attached hydrogens (tertiary/aromatic N) is 2. The van der Waals surface area contributed by atoms with Gasteiger partial charge in [-0.3, -0.25) is 14.5 Å². The Kier molecular flexibility index (Phi) is 7.57. The summed E-state index contributed by atoms with van der Waals surface area (Å²) >= 11 is 0. The summed E-state index contributed by atoms with van der Waals surface area (Å²) in [5, 5.41) is 21.7. The van der Waals surface area contributed by atoms with Crippen LogP contribution < -0.4 is 9.47 Å². The molecule has 2 saturated heterocycles. The lowest BCUT2D eigenvalue weighted by molar-refractivity contribution is -0.140. The van der Waals surface area contributed by atoms with E-state index in [1.807, 2.05) is 0 Å². The van der Waals surface area contributed by atoms with Gasteiger partial charge in [-0.25, -0.2) is 0 Å². The van der Waals surface area contributed by atoms with E-state index in [1.54, 1.807) is 30.3 Å². The topological polar surface area (TPSA) is 109 Å². The van der Waals surface area contributed by atoms with Crippen molar-refractivity contribution < 1.29 is 34.0 Å². The van der Waals surface area contributed by atoms with Gasteiger partial charge in [0.05, 0.1) is 44.6 Å². The SMILES string of the molecule is COc1cccc(C2C(=C(O)c3ccc(OC)cc3O)C(=O)C(=O)N2CCCN2CCOCC2)c1. The maximum Gasteiger partial charge on any atom is 0.295 e. The highest BCUT2D eigenvalue weighted by molar-refractivity contribution is 6.46. The number of ether oxygens (including phenoxy) is 3. The number of Topliss-reactive ketones (excluding diaryl/α,β-unsaturated/α-hetero) is 1. The highest BCUT2D eigenvalue weighted by Crippen LogP contribution is 2.42. The van der Waals surface area contributed by atoms with Crippen LogP contribution in [-0.2, 0) is 14.3 Å². The fourth-order valence-electron chi connectivity index (χ4n) is 4.54. The molecule has 0 spiro atoms. The lowest BCUT2D eigenvalue weighted by atomic mass is 9.94. The number of benzene rings is 2. The van der Waals surface area contributed by atoms with E-state index in [9.17, 15) is 19.8 Å². The van der Waals surface area contributed by atoms with Crippen molar-refractivity contribution in [2.24, 2.45) is 0 Å². The van der Waals surface area contributed by atoms with Crippen LogP contribution in [-0.4, -0.2) is 85.3 Å². The average Bonchev–Trinajstić information content (AvgIpc) is 3.14. The van der Waals surface area contributed by atoms with Gasteiger partial charge < -0.3 is 29.3 Å². The average molecular weight is 483 g/mol. The maximum atomic E-state index is 13.2. The molecule has 0 aromatic heterocycles. The molecule has 2 aromatic rings. The van der Waals surface area contributed by atoms with Crippen molar-refractivity contribution in [3.8, 4) is 17.2 Å². The lowest BCUT2D eigenvalue weighted by Gasteiger charge is -2.29. The number of morpholine rings is 1. The summed E-state index contributed by atoms with van der Waals surface area (Å²) in [5.74, 6) is -1.22. The van der Waals surface area contributed by atoms with Crippen molar-refractivity contribution in [3.63, 3.8) is 0 Å². The third-order valence-electron chi connectivity index (χ3n) is 6.39. The minimum atomic E-state index is -0.823. The number of rotatable bonds is 8. The number of phenolic OH excluding ortho intramolecular Hbond substituents is 1. The van der Waals surface area contributed by atoms with Crippen molar-refractivity contribution in [2.45, 2.75) is 12.5 Å². The number of hydrogen-bond donors (Lipinski definition) is 2. The van der Waals surface area contributed by atoms with Crippen LogP contribution in [0.4, 0.5) is 0 Å². The highest BCUT2D eigenvalue weighted by atomic mass is 16.5. The van der Waals surface area contributed by atoms with Gasteiger partial charge in [-0.15, -0.1) is 0 Å². The van der Waals surface area contributed by atoms with Gasteiger partial charge in [0.2, 0.25) is 0 Å². The number of methoxy groups -OCH3 is 2. The first-order chi connectivity index (χ1) is 16.9. The molecule has 2 fully saturated rings. The second-order valence-electron chi connectivity index (χ2n) is 8.46. The molecule has 2 N–H and O–H groups in total. The van der Waals surface area contributed by atoms with Gasteiger partial charge in [0.1, 0.15) is 23.0 Å². The zero-order chi connectivity index (χ0) is 24.9. The van der Waals surface area contributed by atoms with Crippen LogP contribution in [0.3, 0.4) is 0 Å². The van der Waals surface area contributed by atoms with Gasteiger partial charge in [-0.2, -0.15) is 0 Å². The zero-order valence-electron chi connectivity index (χ0n) is 19.9. The Morgan fingerprint density at radius 3 is 2.43 bits per heavy atom. The summed E-state index contributed by atoms with van der Waals surface area (Å²) in [5.41, 5.74) is 0.601. The molecule has 0 bridgehead atoms. The van der Waals surface area contributed by atoms with Gasteiger partial charge in [-0.1, -0.05) is 12.1 Å². The van der Waals surface area contributed by atoms with Crippen LogP contribution in [0.1, 0.15) is 23.6 Å². The first-order valence-corrected chi connectivity index (χ1v) is 11.5. The second-order valence-corrected chi connectivity index (χ2v) is 8.46. The molecule has 35 heavy (non-hydrogen) atoms. The summed E-state index contributed by atoms with van der Waals surface area (Å²) in [4.78, 5) is 30.1. The quantitative estimate of drug-likeness (QED) is 0.336. The molecule has 9 nitrogen and oxygen atoms in total. The number of aliphatic hydroxyl groups excluding tert-OH is 1. The smallest absolute Gasteiger partial charge is 0.295 e. The number of carbonyl (C=O) groups excluding carboxylic acids is 2. The standard InChI is InChI=1S/C26H30N2O7/c1-33-18-6-3-5-17(15-18)23-22(24(30)20-8-7-19(34-2)16-21(20)29)25(31)26(32)28(23)10-4-9-27-11-13-35-14-12-27/h3,5-8,15-16,23,29-30H,4,9-14H2,1-2H3. The van der Waals surface area contributed by atoms with E-state index in [4.69, 9.17) is 14.2 Å². The van der Waals surface area contributed by atoms with Crippen LogP contribution in [0.2, 0.25) is 0 Å². The summed E-state index contributed by atoms with van der Waals surface area (Å²) in [6.07, 6.45) is 0.654. The molecule has 1 atom stereocenters. The third kappa shape index (κ3) is 5.11. The molecule has 2 aliphatic heterocycles. The van der Waals surface area contributed by atoms with Crippen molar-refractivity contribution in [3.05, 3.63) is 59.2 Å². The second kappa shape index (κ2) is 10.8. The predicted octanol–water partition coefficient (Wildman–Crippen LogP) is 2.55. The predicted molar refractivity (Wildman–Crippen MR) is 129 cm³/mol. The molecule has 4 rings (SSSR count). The molecule has 0 saturated carbocycles. The number of aromatic hydroxyl groups is 1. The monoisotopic (exact) mass is 482 g/mol. The van der Waals surface area contributed by atoms with Gasteiger partial charge in [-0.05, 0) is 36.2 Å². The van der Waals surface area contributed by atoms with E-state index in [0.29, 0.717) is 43.2 Å². The molecule has 186 valence electrons. The largest absolute Gasteiger partial charge is 0.507 e. The third-order valence-corrected chi connectivity index (χ3v) is 6.39. The molecule has 0 radical (unpaired) electrons. The molecule has 1 unspecified atom stereocenters. The van der Waals surface area contributed by atoms with Gasteiger partial charge in [0.15, 0.2) is 0 Å². The molecule has 0 aliphatic carbocycles. The Balaban J connectivity index is 1.71. The van der Waals surface area contributed by atoms with Crippen LogP contribution >= 0.6 is 0 Å². The van der Waals surface area contributed by atoms with Crippen molar-refractivity contribution >= 4 is 17.4 Å². The Morgan fingerprint density at radius 2 is 1.74 bits per heavy atom. The van der Waals surface area contributed by atoms with E-state index in [-0.39, 0.29) is 16.9 Å². The summed E-state index contributed by atoms with van der Waals surface area (Å²) in [7, 11) is 2.99. The number of aliphatic hydroxyl groups is 1. The lowest BCUT2D eigenvalue weighted by Crippen LogP contribution is -2.38. The Hall–Kier alpha value is -3.56. The molecular formula is C26H30N2O7. The fourth-order valence-corrected chi connectivity index (χ4v) is 4.54. The minimum absolute atomic E-state index is 0.0463. The molecule has 2 heterocycles. The molecule has 2 aromatic carbocycles. The summed E-state index contributed by atoms with van der Waals surface area (Å²) in [6.45, 7) is 4.11. The number of hydrogen-bond acceptors (Lipinski definition) is 8. The summed E-state index contributed by atoms with van der Waals surface area (Å²) in [6, 6.07) is 10.6. The first-order valence-electron chi connectivity index (χ1n) is 11.5. The fraction of sp³-hybridized carbons (Fsp3) is 0.385. The Labute approximate surface area is 204 Å². The van der Waals surface area contributed by atoms with Crippen LogP contribution in [0.5, 0.6) is 17.2 Å². The van der Waals surface area contributed by atoms with Crippen molar-refractivity contribution in [1.29, 1.82) is 0 Å². The number of carbonyl (C=O) groups is 2. The Bertz CT molecular complexity index is 1120. The Morgan fingerprint density at radius 1 is 1.03 bits per heavy atom. The molecular weight excluding hydrogens is 452 g/mol. The number of ketones is 1. The van der Waals surface area contributed by atoms with Crippen LogP contribution in [0.15, 0.2) is 48.0 Å². The maximum absolute atomic E-state index is 13.2. The summed E-state index contributed by atoms with van der Waals surface area (Å²) < 4.78 is 15.8. The van der Waals surface area contributed by atoms with Gasteiger partial charge in [0, 0.05) is 32.2 Å². The zero-order valence-corrected chi connectivity index (χ0v) is 19.9. The van der Waals surface area contributed by atoms with E-state index < -0.39 is 23.5 Å². The number of phenols is 1. The van der Waals surface area contributed by atoms with Crippen LogP contribution in [0, 0.1) is 0 Å². The van der Waals surface area contributed by atoms with Crippen molar-refractivity contribution in [1.82, 2.24) is 9.80 Å².